The zero-order valence-corrected chi connectivity index (χ0v) is 16.2. The molecule has 2 heterocycles. The Kier molecular flexibility index (Phi) is 7.11. The molecule has 0 radical (unpaired) electrons. The van der Waals surface area contributed by atoms with Gasteiger partial charge in [-0.15, -0.1) is 0 Å². The van der Waals surface area contributed by atoms with Gasteiger partial charge in [0.1, 0.15) is 5.69 Å². The second-order valence-corrected chi connectivity index (χ2v) is 6.66. The van der Waals surface area contributed by atoms with Crippen molar-refractivity contribution in [1.29, 1.82) is 0 Å². The first kappa shape index (κ1) is 21.8. The molecule has 1 unspecified atom stereocenters. The number of hydrogen-bond donors (Lipinski definition) is 1. The van der Waals surface area contributed by atoms with Gasteiger partial charge in [-0.1, -0.05) is 32.9 Å². The molecule has 10 heteroatoms. The highest BCUT2D eigenvalue weighted by Crippen LogP contribution is 2.28. The minimum Gasteiger partial charge on any atom is -0.348 e. The predicted molar refractivity (Wildman–Crippen MR) is 96.4 cm³/mol. The van der Waals surface area contributed by atoms with Crippen molar-refractivity contribution in [3.63, 3.8) is 0 Å². The number of likely N-dealkylation sites (N-methyl/N-ethyl adjacent to an activating group) is 1. The molecule has 1 N–H and O–H groups in total. The third-order valence-electron chi connectivity index (χ3n) is 4.39. The van der Waals surface area contributed by atoms with E-state index in [0.29, 0.717) is 5.56 Å². The summed E-state index contributed by atoms with van der Waals surface area (Å²) >= 11 is 0. The number of rotatable bonds is 8. The zero-order valence-electron chi connectivity index (χ0n) is 16.2. The lowest BCUT2D eigenvalue weighted by atomic mass is 10.0. The van der Waals surface area contributed by atoms with E-state index in [1.54, 1.807) is 0 Å². The van der Waals surface area contributed by atoms with Crippen LogP contribution in [-0.2, 0) is 6.18 Å². The van der Waals surface area contributed by atoms with Gasteiger partial charge in [-0.2, -0.15) is 18.2 Å². The van der Waals surface area contributed by atoms with Crippen LogP contribution in [0.1, 0.15) is 43.9 Å². The second-order valence-electron chi connectivity index (χ2n) is 6.66. The summed E-state index contributed by atoms with van der Waals surface area (Å²) < 4.78 is 41.8. The van der Waals surface area contributed by atoms with Gasteiger partial charge < -0.3 is 14.7 Å². The molecule has 154 valence electrons. The number of nitrogens with zero attached hydrogens (tertiary/aromatic N) is 4. The van der Waals surface area contributed by atoms with Crippen LogP contribution in [-0.4, -0.2) is 51.6 Å². The van der Waals surface area contributed by atoms with Crippen molar-refractivity contribution >= 4 is 5.91 Å². The minimum absolute atomic E-state index is 0.0429. The molecule has 0 aliphatic rings. The number of alkyl halides is 3. The van der Waals surface area contributed by atoms with Crippen molar-refractivity contribution in [2.24, 2.45) is 5.92 Å². The first-order valence-corrected chi connectivity index (χ1v) is 9.06. The number of halogens is 3. The van der Waals surface area contributed by atoms with Crippen LogP contribution in [0.3, 0.4) is 0 Å². The summed E-state index contributed by atoms with van der Waals surface area (Å²) in [5.41, 5.74) is 0.382. The van der Waals surface area contributed by atoms with Gasteiger partial charge in [-0.25, -0.2) is 0 Å². The number of amides is 1. The van der Waals surface area contributed by atoms with Crippen molar-refractivity contribution in [1.82, 2.24) is 25.3 Å². The number of nitrogens with one attached hydrogen (secondary N) is 1. The van der Waals surface area contributed by atoms with E-state index in [9.17, 15) is 18.0 Å². The fraction of sp³-hybridized carbons (Fsp3) is 0.556. The van der Waals surface area contributed by atoms with Crippen molar-refractivity contribution in [2.45, 2.75) is 39.9 Å². The molecule has 0 saturated heterocycles. The molecule has 2 aromatic heterocycles. The third-order valence-corrected chi connectivity index (χ3v) is 4.39. The molecular formula is C18H24F3N5O2. The largest absolute Gasteiger partial charge is 0.471 e. The van der Waals surface area contributed by atoms with Gasteiger partial charge in [0, 0.05) is 18.8 Å². The third kappa shape index (κ3) is 5.51. The summed E-state index contributed by atoms with van der Waals surface area (Å²) in [4.78, 5) is 22.0. The molecular weight excluding hydrogens is 375 g/mol. The first-order chi connectivity index (χ1) is 13.2. The molecule has 2 rings (SSSR count). The number of pyridine rings is 1. The van der Waals surface area contributed by atoms with Gasteiger partial charge in [-0.05, 0) is 31.1 Å². The Morgan fingerprint density at radius 3 is 2.39 bits per heavy atom. The Balaban J connectivity index is 2.09. The normalized spacial score (nSPS) is 13.2. The van der Waals surface area contributed by atoms with Crippen LogP contribution >= 0.6 is 0 Å². The molecule has 0 aromatic carbocycles. The van der Waals surface area contributed by atoms with Gasteiger partial charge >= 0.3 is 12.1 Å². The molecule has 1 atom stereocenters. The molecule has 0 saturated carbocycles. The molecule has 7 nitrogen and oxygen atoms in total. The van der Waals surface area contributed by atoms with E-state index in [4.69, 9.17) is 0 Å². The summed E-state index contributed by atoms with van der Waals surface area (Å²) in [5.74, 6) is -1.80. The van der Waals surface area contributed by atoms with E-state index >= 15 is 0 Å². The highest BCUT2D eigenvalue weighted by atomic mass is 19.4. The maximum Gasteiger partial charge on any atom is 0.471 e. The van der Waals surface area contributed by atoms with Crippen molar-refractivity contribution in [3.05, 3.63) is 29.8 Å². The van der Waals surface area contributed by atoms with Crippen molar-refractivity contribution in [2.75, 3.05) is 19.6 Å². The fourth-order valence-corrected chi connectivity index (χ4v) is 2.54. The predicted octanol–water partition coefficient (Wildman–Crippen LogP) is 3.25. The summed E-state index contributed by atoms with van der Waals surface area (Å²) in [6, 6.07) is 2.81. The Bertz CT molecular complexity index is 770. The van der Waals surface area contributed by atoms with E-state index in [1.165, 1.54) is 18.3 Å². The van der Waals surface area contributed by atoms with Crippen LogP contribution in [0.2, 0.25) is 0 Å². The van der Waals surface area contributed by atoms with Crippen LogP contribution in [0.4, 0.5) is 13.2 Å². The standard InChI is InChI=1S/C18H24F3N5O2/c1-5-26(6-2)10-14(11(3)4)23-16(27)12-7-8-13(22-9-12)15-24-17(28-25-15)18(19,20)21/h7-9,11,14H,5-6,10H2,1-4H3,(H,23,27). The molecule has 0 bridgehead atoms. The Hall–Kier alpha value is -2.49. The number of carbonyl (C=O) groups is 1. The maximum atomic E-state index is 12.5. The molecule has 0 fully saturated rings. The average molecular weight is 399 g/mol. The van der Waals surface area contributed by atoms with Crippen LogP contribution in [0.5, 0.6) is 0 Å². The SMILES string of the molecule is CCN(CC)CC(NC(=O)c1ccc(-c2noc(C(F)(F)F)n2)nc1)C(C)C. The number of aromatic nitrogens is 3. The zero-order chi connectivity index (χ0) is 20.9. The van der Waals surface area contributed by atoms with Gasteiger partial charge in [0.25, 0.3) is 5.91 Å². The summed E-state index contributed by atoms with van der Waals surface area (Å²) in [7, 11) is 0. The van der Waals surface area contributed by atoms with Crippen LogP contribution in [0.25, 0.3) is 11.5 Å². The summed E-state index contributed by atoms with van der Waals surface area (Å²) in [6.45, 7) is 10.7. The average Bonchev–Trinajstić information content (AvgIpc) is 3.15. The lowest BCUT2D eigenvalue weighted by Gasteiger charge is -2.28. The van der Waals surface area contributed by atoms with Crippen LogP contribution in [0, 0.1) is 5.92 Å². The lowest BCUT2D eigenvalue weighted by molar-refractivity contribution is -0.159. The van der Waals surface area contributed by atoms with Gasteiger partial charge in [-0.3, -0.25) is 9.78 Å². The molecule has 28 heavy (non-hydrogen) atoms. The highest BCUT2D eigenvalue weighted by molar-refractivity contribution is 5.94. The second kappa shape index (κ2) is 9.13. The Morgan fingerprint density at radius 2 is 1.93 bits per heavy atom. The van der Waals surface area contributed by atoms with Gasteiger partial charge in [0.05, 0.1) is 5.56 Å². The van der Waals surface area contributed by atoms with Crippen molar-refractivity contribution < 1.29 is 22.5 Å². The van der Waals surface area contributed by atoms with Gasteiger partial charge in [0.15, 0.2) is 0 Å². The maximum absolute atomic E-state index is 12.5. The topological polar surface area (TPSA) is 84.2 Å². The Morgan fingerprint density at radius 1 is 1.25 bits per heavy atom. The fourth-order valence-electron chi connectivity index (χ4n) is 2.54. The number of carbonyl (C=O) groups excluding carboxylic acids is 1. The number of hydrogen-bond acceptors (Lipinski definition) is 6. The van der Waals surface area contributed by atoms with E-state index in [2.05, 4.69) is 43.7 Å². The summed E-state index contributed by atoms with van der Waals surface area (Å²) in [5, 5.41) is 6.27. The van der Waals surface area contributed by atoms with Crippen molar-refractivity contribution in [3.8, 4) is 11.5 Å². The summed E-state index contributed by atoms with van der Waals surface area (Å²) in [6.07, 6.45) is -3.44. The molecule has 0 aliphatic carbocycles. The molecule has 0 spiro atoms. The van der Waals surface area contributed by atoms with E-state index in [1.807, 2.05) is 13.8 Å². The molecule has 2 aromatic rings. The first-order valence-electron chi connectivity index (χ1n) is 9.06. The van der Waals surface area contributed by atoms with E-state index in [0.717, 1.165) is 19.6 Å². The smallest absolute Gasteiger partial charge is 0.348 e. The van der Waals surface area contributed by atoms with Gasteiger partial charge in [0.2, 0.25) is 5.82 Å². The quantitative estimate of drug-likeness (QED) is 0.734. The van der Waals surface area contributed by atoms with E-state index < -0.39 is 12.1 Å². The monoisotopic (exact) mass is 399 g/mol. The molecule has 1 amide bonds. The Labute approximate surface area is 161 Å². The van der Waals surface area contributed by atoms with Crippen LogP contribution in [0.15, 0.2) is 22.9 Å². The van der Waals surface area contributed by atoms with E-state index in [-0.39, 0.29) is 29.4 Å². The minimum atomic E-state index is -4.72. The lowest BCUT2D eigenvalue weighted by Crippen LogP contribution is -2.46. The van der Waals surface area contributed by atoms with Crippen LogP contribution < -0.4 is 5.32 Å². The molecule has 0 aliphatic heterocycles. The highest BCUT2D eigenvalue weighted by Gasteiger charge is 2.38.